The van der Waals surface area contributed by atoms with Gasteiger partial charge in [-0.2, -0.15) is 5.10 Å². The number of nitrogens with zero attached hydrogens (tertiary/aromatic N) is 3. The maximum Gasteiger partial charge on any atom is 0.0949 e. The summed E-state index contributed by atoms with van der Waals surface area (Å²) in [5.74, 6) is 0. The van der Waals surface area contributed by atoms with Gasteiger partial charge in [-0.3, -0.25) is 5.43 Å². The zero-order valence-electron chi connectivity index (χ0n) is 12.8. The summed E-state index contributed by atoms with van der Waals surface area (Å²) in [6.45, 7) is 0.472. The fraction of sp³-hybridized carbons (Fsp3) is 0.0588. The molecule has 0 unspecified atom stereocenters. The van der Waals surface area contributed by atoms with Crippen LogP contribution < -0.4 is 5.43 Å². The first-order valence-electron chi connectivity index (χ1n) is 7.22. The zero-order chi connectivity index (χ0) is 17.8. The molecule has 1 heterocycles. The predicted molar refractivity (Wildman–Crippen MR) is 105 cm³/mol. The molecule has 0 bridgehead atoms. The number of hydrogen-bond acceptors (Lipinski definition) is 3. The lowest BCUT2D eigenvalue weighted by Gasteiger charge is -2.12. The monoisotopic (exact) mass is 412 g/mol. The second-order valence-electron chi connectivity index (χ2n) is 5.13. The summed E-state index contributed by atoms with van der Waals surface area (Å²) >= 11 is 24.7. The third kappa shape index (κ3) is 4.47. The molecule has 1 aromatic heterocycles. The smallest absolute Gasteiger partial charge is 0.0949 e. The van der Waals surface area contributed by atoms with Crippen molar-refractivity contribution in [3.8, 4) is 0 Å². The van der Waals surface area contributed by atoms with Crippen molar-refractivity contribution in [1.29, 1.82) is 0 Å². The molecule has 25 heavy (non-hydrogen) atoms. The van der Waals surface area contributed by atoms with Crippen molar-refractivity contribution < 1.29 is 0 Å². The highest BCUT2D eigenvalue weighted by molar-refractivity contribution is 6.41. The highest BCUT2D eigenvalue weighted by Crippen LogP contribution is 2.33. The second kappa shape index (κ2) is 8.11. The number of hydrogen-bond donors (Lipinski definition) is 1. The Kier molecular flexibility index (Phi) is 5.86. The Labute approximate surface area is 165 Å². The number of nitrogens with one attached hydrogen (secondary N) is 1. The molecule has 0 atom stereocenters. The van der Waals surface area contributed by atoms with E-state index in [1.165, 1.54) is 0 Å². The fourth-order valence-corrected chi connectivity index (χ4v) is 3.35. The second-order valence-corrected chi connectivity index (χ2v) is 6.79. The van der Waals surface area contributed by atoms with Crippen LogP contribution in [0, 0.1) is 0 Å². The summed E-state index contributed by atoms with van der Waals surface area (Å²) < 4.78 is 1.88. The van der Waals surface area contributed by atoms with E-state index in [-0.39, 0.29) is 0 Å². The van der Waals surface area contributed by atoms with E-state index in [2.05, 4.69) is 15.5 Å². The van der Waals surface area contributed by atoms with Gasteiger partial charge in [-0.1, -0.05) is 64.6 Å². The van der Waals surface area contributed by atoms with Crippen LogP contribution in [-0.4, -0.2) is 15.3 Å². The Morgan fingerprint density at radius 2 is 1.76 bits per heavy atom. The molecule has 0 aliphatic rings. The number of rotatable bonds is 5. The molecule has 0 saturated heterocycles. The van der Waals surface area contributed by atoms with Gasteiger partial charge in [-0.15, -0.1) is 0 Å². The van der Waals surface area contributed by atoms with Gasteiger partial charge in [0, 0.05) is 28.0 Å². The summed E-state index contributed by atoms with van der Waals surface area (Å²) in [6, 6.07) is 10.6. The van der Waals surface area contributed by atoms with Crippen LogP contribution in [0.1, 0.15) is 5.56 Å². The number of anilines is 1. The van der Waals surface area contributed by atoms with Gasteiger partial charge < -0.3 is 4.57 Å². The summed E-state index contributed by atoms with van der Waals surface area (Å²) in [6.07, 6.45) is 5.24. The van der Waals surface area contributed by atoms with Gasteiger partial charge >= 0.3 is 0 Å². The van der Waals surface area contributed by atoms with Crippen molar-refractivity contribution in [2.24, 2.45) is 5.10 Å². The van der Waals surface area contributed by atoms with Crippen LogP contribution in [-0.2, 0) is 6.54 Å². The summed E-state index contributed by atoms with van der Waals surface area (Å²) in [4.78, 5) is 4.05. The van der Waals surface area contributed by atoms with E-state index >= 15 is 0 Å². The van der Waals surface area contributed by atoms with Crippen LogP contribution in [0.3, 0.4) is 0 Å². The van der Waals surface area contributed by atoms with Crippen LogP contribution in [0.2, 0.25) is 20.1 Å². The van der Waals surface area contributed by atoms with E-state index in [0.717, 1.165) is 5.56 Å². The first-order chi connectivity index (χ1) is 12.0. The van der Waals surface area contributed by atoms with Gasteiger partial charge in [0.2, 0.25) is 0 Å². The molecule has 0 amide bonds. The van der Waals surface area contributed by atoms with Crippen molar-refractivity contribution >= 4 is 57.8 Å². The van der Waals surface area contributed by atoms with Crippen LogP contribution >= 0.6 is 46.4 Å². The summed E-state index contributed by atoms with van der Waals surface area (Å²) in [7, 11) is 0. The molecule has 3 rings (SSSR count). The number of hydrazone groups is 1. The molecule has 0 aliphatic heterocycles. The normalized spacial score (nSPS) is 11.6. The first kappa shape index (κ1) is 18.1. The van der Waals surface area contributed by atoms with E-state index in [1.807, 2.05) is 35.0 Å². The Hall–Kier alpha value is -1.72. The third-order valence-corrected chi connectivity index (χ3v) is 4.53. The minimum atomic E-state index is 0.377. The molecule has 8 heteroatoms. The molecule has 2 aromatic carbocycles. The van der Waals surface area contributed by atoms with Crippen molar-refractivity contribution in [3.05, 3.63) is 80.8 Å². The lowest BCUT2D eigenvalue weighted by atomic mass is 10.1. The van der Waals surface area contributed by atoms with Crippen molar-refractivity contribution in [1.82, 2.24) is 9.55 Å². The average molecular weight is 414 g/mol. The van der Waals surface area contributed by atoms with E-state index in [1.54, 1.807) is 24.7 Å². The largest absolute Gasteiger partial charge is 0.331 e. The Balaban J connectivity index is 1.97. The van der Waals surface area contributed by atoms with Crippen molar-refractivity contribution in [2.75, 3.05) is 5.43 Å². The van der Waals surface area contributed by atoms with Crippen LogP contribution in [0.4, 0.5) is 5.69 Å². The standard InChI is InChI=1S/C17H12Cl4N4/c18-11-7-14(20)17(15(21)8-11)24-23-16(9-25-6-5-22-10-25)12-3-1-2-4-13(12)19/h1-8,10,24H,9H2. The SMILES string of the molecule is Clc1cc(Cl)c(NN=C(Cn2ccnc2)c2ccccc2Cl)c(Cl)c1. The Morgan fingerprint density at radius 3 is 2.40 bits per heavy atom. The van der Waals surface area contributed by atoms with Crippen molar-refractivity contribution in [2.45, 2.75) is 6.54 Å². The lowest BCUT2D eigenvalue weighted by molar-refractivity contribution is 0.848. The van der Waals surface area contributed by atoms with Crippen molar-refractivity contribution in [3.63, 3.8) is 0 Å². The van der Waals surface area contributed by atoms with Gasteiger partial charge in [0.1, 0.15) is 0 Å². The molecule has 1 N–H and O–H groups in total. The molecule has 3 aromatic rings. The number of aromatic nitrogens is 2. The van der Waals surface area contributed by atoms with Gasteiger partial charge in [0.25, 0.3) is 0 Å². The topological polar surface area (TPSA) is 42.2 Å². The predicted octanol–water partition coefficient (Wildman–Crippen LogP) is 6.01. The maximum absolute atomic E-state index is 6.32. The molecule has 4 nitrogen and oxygen atoms in total. The highest BCUT2D eigenvalue weighted by atomic mass is 35.5. The van der Waals surface area contributed by atoms with Crippen LogP contribution in [0.5, 0.6) is 0 Å². The van der Waals surface area contributed by atoms with E-state index < -0.39 is 0 Å². The van der Waals surface area contributed by atoms with Crippen LogP contribution in [0.15, 0.2) is 60.2 Å². The lowest BCUT2D eigenvalue weighted by Crippen LogP contribution is -2.13. The average Bonchev–Trinajstić information content (AvgIpc) is 3.06. The number of halogens is 4. The summed E-state index contributed by atoms with van der Waals surface area (Å²) in [5, 5.41) is 6.27. The molecule has 0 saturated carbocycles. The molecular formula is C17H12Cl4N4. The molecule has 0 radical (unpaired) electrons. The minimum absolute atomic E-state index is 0.377. The van der Waals surface area contributed by atoms with E-state index in [4.69, 9.17) is 46.4 Å². The van der Waals surface area contributed by atoms with Gasteiger partial charge in [0.05, 0.1) is 34.3 Å². The van der Waals surface area contributed by atoms with E-state index in [0.29, 0.717) is 38.0 Å². The highest BCUT2D eigenvalue weighted by Gasteiger charge is 2.11. The zero-order valence-corrected chi connectivity index (χ0v) is 15.8. The minimum Gasteiger partial charge on any atom is -0.331 e. The van der Waals surface area contributed by atoms with Gasteiger partial charge in [0.15, 0.2) is 0 Å². The quantitative estimate of drug-likeness (QED) is 0.410. The molecule has 0 fully saturated rings. The number of benzene rings is 2. The Bertz CT molecular complexity index is 884. The molecule has 128 valence electrons. The summed E-state index contributed by atoms with van der Waals surface area (Å²) in [5.41, 5.74) is 4.89. The molecular weight excluding hydrogens is 402 g/mol. The molecule has 0 spiro atoms. The molecule has 0 aliphatic carbocycles. The maximum atomic E-state index is 6.32. The fourth-order valence-electron chi connectivity index (χ4n) is 2.20. The van der Waals surface area contributed by atoms with E-state index in [9.17, 15) is 0 Å². The Morgan fingerprint density at radius 1 is 1.04 bits per heavy atom. The number of imidazole rings is 1. The van der Waals surface area contributed by atoms with Gasteiger partial charge in [-0.05, 0) is 18.2 Å². The third-order valence-electron chi connectivity index (χ3n) is 3.39. The van der Waals surface area contributed by atoms with Gasteiger partial charge in [-0.25, -0.2) is 4.98 Å². The van der Waals surface area contributed by atoms with Crippen LogP contribution in [0.25, 0.3) is 0 Å². The first-order valence-corrected chi connectivity index (χ1v) is 8.73.